The molecule has 8 nitrogen and oxygen atoms in total. The van der Waals surface area contributed by atoms with Crippen LogP contribution in [0.1, 0.15) is 29.2 Å². The summed E-state index contributed by atoms with van der Waals surface area (Å²) in [7, 11) is 0. The van der Waals surface area contributed by atoms with Gasteiger partial charge in [0.15, 0.2) is 0 Å². The normalized spacial score (nSPS) is 15.7. The lowest BCUT2D eigenvalue weighted by Gasteiger charge is -2.36. The lowest BCUT2D eigenvalue weighted by molar-refractivity contribution is 0.0550. The molecule has 3 heterocycles. The summed E-state index contributed by atoms with van der Waals surface area (Å²) in [6.07, 6.45) is 1.52. The van der Waals surface area contributed by atoms with Gasteiger partial charge in [0.2, 0.25) is 17.1 Å². The molecule has 0 saturated carbocycles. The largest absolute Gasteiger partial charge is 0.360 e. The first-order valence-electron chi connectivity index (χ1n) is 10.6. The maximum Gasteiger partial charge on any atom is 0.259 e. The number of hydrogen-bond donors (Lipinski definition) is 1. The fourth-order valence-electron chi connectivity index (χ4n) is 4.07. The van der Waals surface area contributed by atoms with Gasteiger partial charge in [-0.1, -0.05) is 47.6 Å². The number of rotatable bonds is 4. The average molecular weight is 429 g/mol. The molecule has 4 aromatic rings. The molecular weight excluding hydrogens is 406 g/mol. The van der Waals surface area contributed by atoms with Crippen LogP contribution in [0.5, 0.6) is 0 Å². The van der Waals surface area contributed by atoms with Gasteiger partial charge in [-0.15, -0.1) is 0 Å². The van der Waals surface area contributed by atoms with E-state index in [1.54, 1.807) is 17.0 Å². The molecular formula is C24H23N5O3. The molecule has 1 aliphatic rings. The molecule has 1 saturated heterocycles. The number of hydrogen-bond acceptors (Lipinski definition) is 6. The minimum Gasteiger partial charge on any atom is -0.360 e. The summed E-state index contributed by atoms with van der Waals surface area (Å²) in [4.78, 5) is 37.3. The van der Waals surface area contributed by atoms with E-state index < -0.39 is 0 Å². The second kappa shape index (κ2) is 8.39. The van der Waals surface area contributed by atoms with Crippen molar-refractivity contribution in [2.75, 3.05) is 26.2 Å². The summed E-state index contributed by atoms with van der Waals surface area (Å²) >= 11 is 0. The second-order valence-electron chi connectivity index (χ2n) is 7.90. The molecule has 8 heteroatoms. The molecule has 2 aromatic carbocycles. The molecule has 1 atom stereocenters. The van der Waals surface area contributed by atoms with Gasteiger partial charge < -0.3 is 14.4 Å². The van der Waals surface area contributed by atoms with Crippen molar-refractivity contribution < 1.29 is 9.32 Å². The van der Waals surface area contributed by atoms with Crippen LogP contribution in [-0.4, -0.2) is 57.0 Å². The molecule has 0 aliphatic carbocycles. The first-order valence-corrected chi connectivity index (χ1v) is 10.6. The Balaban J connectivity index is 1.26. The monoisotopic (exact) mass is 429 g/mol. The van der Waals surface area contributed by atoms with E-state index in [4.69, 9.17) is 4.52 Å². The third-order valence-corrected chi connectivity index (χ3v) is 6.00. The molecule has 1 aliphatic heterocycles. The third-order valence-electron chi connectivity index (χ3n) is 6.00. The number of carbonyl (C=O) groups is 1. The number of amides is 1. The lowest BCUT2D eigenvalue weighted by Crippen LogP contribution is -2.50. The molecule has 5 rings (SSSR count). The highest BCUT2D eigenvalue weighted by molar-refractivity contribution is 5.97. The third kappa shape index (κ3) is 3.69. The molecule has 1 unspecified atom stereocenters. The van der Waals surface area contributed by atoms with Crippen molar-refractivity contribution in [1.29, 1.82) is 0 Å². The molecule has 2 aromatic heterocycles. The van der Waals surface area contributed by atoms with Crippen molar-refractivity contribution in [3.05, 3.63) is 82.5 Å². The van der Waals surface area contributed by atoms with E-state index in [-0.39, 0.29) is 22.9 Å². The Bertz CT molecular complexity index is 1310. The summed E-state index contributed by atoms with van der Waals surface area (Å²) in [5.74, 6) is 0.875. The van der Waals surface area contributed by atoms with Gasteiger partial charge in [-0.05, 0) is 19.1 Å². The number of pyridine rings is 1. The standard InChI is InChI=1S/C24H23N5O3/c1-16(23-26-22(27-32-23)17-7-3-2-4-8-17)28-11-13-29(14-12-28)24(31)19-15-25-20-10-6-5-9-18(20)21(19)30/h2-10,15-16H,11-14H2,1H3,(H,25,30). The Morgan fingerprint density at radius 2 is 1.75 bits per heavy atom. The quantitative estimate of drug-likeness (QED) is 0.536. The van der Waals surface area contributed by atoms with Crippen molar-refractivity contribution in [3.8, 4) is 11.4 Å². The summed E-state index contributed by atoms with van der Waals surface area (Å²) < 4.78 is 5.51. The highest BCUT2D eigenvalue weighted by Crippen LogP contribution is 2.23. The summed E-state index contributed by atoms with van der Waals surface area (Å²) in [6, 6.07) is 16.8. The van der Waals surface area contributed by atoms with Gasteiger partial charge in [0, 0.05) is 48.8 Å². The van der Waals surface area contributed by atoms with E-state index in [9.17, 15) is 9.59 Å². The number of H-pyrrole nitrogens is 1. The van der Waals surface area contributed by atoms with Crippen LogP contribution in [0.15, 0.2) is 70.1 Å². The number of carbonyl (C=O) groups excluding carboxylic acids is 1. The predicted molar refractivity (Wildman–Crippen MR) is 120 cm³/mol. The van der Waals surface area contributed by atoms with Crippen LogP contribution in [0, 0.1) is 0 Å². The van der Waals surface area contributed by atoms with Crippen LogP contribution < -0.4 is 5.43 Å². The van der Waals surface area contributed by atoms with E-state index in [0.29, 0.717) is 43.3 Å². The van der Waals surface area contributed by atoms with Gasteiger partial charge in [0.25, 0.3) is 5.91 Å². The molecule has 1 N–H and O–H groups in total. The van der Waals surface area contributed by atoms with Gasteiger partial charge in [0.05, 0.1) is 6.04 Å². The smallest absolute Gasteiger partial charge is 0.259 e. The fraction of sp³-hybridized carbons (Fsp3) is 0.250. The number of nitrogens with one attached hydrogen (secondary N) is 1. The van der Waals surface area contributed by atoms with Crippen LogP contribution in [0.2, 0.25) is 0 Å². The van der Waals surface area contributed by atoms with E-state index in [2.05, 4.69) is 20.0 Å². The van der Waals surface area contributed by atoms with Crippen LogP contribution in [0.3, 0.4) is 0 Å². The summed E-state index contributed by atoms with van der Waals surface area (Å²) in [6.45, 7) is 4.38. The van der Waals surface area contributed by atoms with Crippen LogP contribution in [0.25, 0.3) is 22.3 Å². The molecule has 162 valence electrons. The zero-order valence-electron chi connectivity index (χ0n) is 17.7. The van der Waals surface area contributed by atoms with Crippen molar-refractivity contribution >= 4 is 16.8 Å². The summed E-state index contributed by atoms with van der Waals surface area (Å²) in [5, 5.41) is 4.63. The number of piperazine rings is 1. The number of benzene rings is 2. The maximum atomic E-state index is 13.0. The minimum absolute atomic E-state index is 0.0683. The molecule has 1 fully saturated rings. The Kier molecular flexibility index (Phi) is 5.28. The van der Waals surface area contributed by atoms with Crippen LogP contribution in [0.4, 0.5) is 0 Å². The lowest BCUT2D eigenvalue weighted by atomic mass is 10.1. The number of fused-ring (bicyclic) bond motifs is 1. The van der Waals surface area contributed by atoms with Gasteiger partial charge in [-0.25, -0.2) is 0 Å². The maximum absolute atomic E-state index is 13.0. The van der Waals surface area contributed by atoms with Crippen molar-refractivity contribution in [2.45, 2.75) is 13.0 Å². The number of aromatic nitrogens is 3. The molecule has 1 amide bonds. The number of aromatic amines is 1. The predicted octanol–water partition coefficient (Wildman–Crippen LogP) is 3.10. The van der Waals surface area contributed by atoms with Gasteiger partial charge in [0.1, 0.15) is 5.56 Å². The van der Waals surface area contributed by atoms with Gasteiger partial charge >= 0.3 is 0 Å². The van der Waals surface area contributed by atoms with Crippen molar-refractivity contribution in [1.82, 2.24) is 24.9 Å². The Hall–Kier alpha value is -3.78. The first kappa shape index (κ1) is 20.1. The van der Waals surface area contributed by atoms with Crippen molar-refractivity contribution in [2.24, 2.45) is 0 Å². The number of para-hydroxylation sites is 1. The van der Waals surface area contributed by atoms with E-state index in [1.165, 1.54) is 6.20 Å². The Morgan fingerprint density at radius 1 is 1.03 bits per heavy atom. The minimum atomic E-state index is -0.242. The molecule has 0 spiro atoms. The molecule has 32 heavy (non-hydrogen) atoms. The zero-order chi connectivity index (χ0) is 22.1. The average Bonchev–Trinajstić information content (AvgIpc) is 3.35. The first-order chi connectivity index (χ1) is 15.6. The molecule has 0 radical (unpaired) electrons. The van der Waals surface area contributed by atoms with Crippen molar-refractivity contribution in [3.63, 3.8) is 0 Å². The highest BCUT2D eigenvalue weighted by atomic mass is 16.5. The Labute approximate surface area is 184 Å². The second-order valence-corrected chi connectivity index (χ2v) is 7.90. The Morgan fingerprint density at radius 3 is 2.53 bits per heavy atom. The zero-order valence-corrected chi connectivity index (χ0v) is 17.7. The van der Waals surface area contributed by atoms with E-state index in [1.807, 2.05) is 49.4 Å². The summed E-state index contributed by atoms with van der Waals surface area (Å²) in [5.41, 5.74) is 1.57. The van der Waals surface area contributed by atoms with E-state index in [0.717, 1.165) is 11.1 Å². The SMILES string of the molecule is CC(c1nc(-c2ccccc2)no1)N1CCN(C(=O)c2c[nH]c3ccccc3c2=O)CC1. The number of nitrogens with zero attached hydrogens (tertiary/aromatic N) is 4. The highest BCUT2D eigenvalue weighted by Gasteiger charge is 2.29. The fourth-order valence-corrected chi connectivity index (χ4v) is 4.07. The van der Waals surface area contributed by atoms with Crippen LogP contribution in [-0.2, 0) is 0 Å². The van der Waals surface area contributed by atoms with Crippen LogP contribution >= 0.6 is 0 Å². The molecule has 0 bridgehead atoms. The van der Waals surface area contributed by atoms with Gasteiger partial charge in [-0.3, -0.25) is 14.5 Å². The topological polar surface area (TPSA) is 95.3 Å². The van der Waals surface area contributed by atoms with E-state index >= 15 is 0 Å². The van der Waals surface area contributed by atoms with Gasteiger partial charge in [-0.2, -0.15) is 4.98 Å².